The lowest BCUT2D eigenvalue weighted by atomic mass is 9.76. The normalized spacial score (nSPS) is 16.9. The second-order valence-electron chi connectivity index (χ2n) is 10.9. The van der Waals surface area contributed by atoms with Gasteiger partial charge in [0.1, 0.15) is 18.2 Å². The quantitative estimate of drug-likeness (QED) is 0.503. The zero-order chi connectivity index (χ0) is 25.2. The van der Waals surface area contributed by atoms with Crippen molar-refractivity contribution in [1.82, 2.24) is 10.6 Å². The predicted octanol–water partition coefficient (Wildman–Crippen LogP) is 4.84. The summed E-state index contributed by atoms with van der Waals surface area (Å²) in [4.78, 5) is 37.6. The lowest BCUT2D eigenvalue weighted by Gasteiger charge is -2.39. The highest BCUT2D eigenvalue weighted by Crippen LogP contribution is 2.44. The van der Waals surface area contributed by atoms with Gasteiger partial charge in [-0.2, -0.15) is 0 Å². The minimum Gasteiger partial charge on any atom is -0.480 e. The van der Waals surface area contributed by atoms with Crippen LogP contribution in [0.15, 0.2) is 48.5 Å². The number of benzene rings is 2. The van der Waals surface area contributed by atoms with Gasteiger partial charge in [-0.15, -0.1) is 0 Å². The van der Waals surface area contributed by atoms with Crippen molar-refractivity contribution in [1.29, 1.82) is 0 Å². The van der Waals surface area contributed by atoms with Crippen LogP contribution in [0.3, 0.4) is 0 Å². The number of carboxylic acids is 1. The summed E-state index contributed by atoms with van der Waals surface area (Å²) in [6, 6.07) is 15.3. The Labute approximate surface area is 206 Å². The first-order chi connectivity index (χ1) is 16.6. The zero-order valence-corrected chi connectivity index (χ0v) is 20.6. The van der Waals surface area contributed by atoms with Crippen molar-refractivity contribution in [3.8, 4) is 11.1 Å². The molecule has 2 amide bonds. The number of hydrogen-bond acceptors (Lipinski definition) is 4. The average Bonchev–Trinajstić information content (AvgIpc) is 3.10. The number of rotatable bonds is 8. The number of hydrogen-bond donors (Lipinski definition) is 3. The molecule has 1 saturated carbocycles. The van der Waals surface area contributed by atoms with E-state index in [4.69, 9.17) is 4.74 Å². The van der Waals surface area contributed by atoms with E-state index in [1.54, 1.807) is 0 Å². The molecule has 0 heterocycles. The first kappa shape index (κ1) is 24.8. The molecule has 7 heteroatoms. The molecular formula is C28H34N2O5. The van der Waals surface area contributed by atoms with E-state index in [2.05, 4.69) is 43.5 Å². The van der Waals surface area contributed by atoms with E-state index in [9.17, 15) is 19.5 Å². The van der Waals surface area contributed by atoms with Gasteiger partial charge in [0, 0.05) is 5.92 Å². The summed E-state index contributed by atoms with van der Waals surface area (Å²) < 4.78 is 5.62. The SMILES string of the molecule is CC(C)(C)CCC(NC(=O)OCC1c2ccccc2-c2ccccc21)C(=O)NC1(C(=O)O)CCC1. The van der Waals surface area contributed by atoms with Gasteiger partial charge >= 0.3 is 12.1 Å². The molecule has 0 bridgehead atoms. The van der Waals surface area contributed by atoms with Crippen molar-refractivity contribution >= 4 is 18.0 Å². The van der Waals surface area contributed by atoms with E-state index >= 15 is 0 Å². The zero-order valence-electron chi connectivity index (χ0n) is 20.6. The lowest BCUT2D eigenvalue weighted by molar-refractivity contribution is -0.152. The molecule has 186 valence electrons. The molecule has 7 nitrogen and oxygen atoms in total. The van der Waals surface area contributed by atoms with Crippen LogP contribution >= 0.6 is 0 Å². The molecule has 4 rings (SSSR count). The van der Waals surface area contributed by atoms with E-state index in [1.807, 2.05) is 36.4 Å². The molecule has 2 aliphatic rings. The molecule has 2 aromatic carbocycles. The third-order valence-electron chi connectivity index (χ3n) is 7.11. The van der Waals surface area contributed by atoms with Crippen LogP contribution in [0, 0.1) is 5.41 Å². The van der Waals surface area contributed by atoms with E-state index in [1.165, 1.54) is 0 Å². The summed E-state index contributed by atoms with van der Waals surface area (Å²) >= 11 is 0. The van der Waals surface area contributed by atoms with Gasteiger partial charge < -0.3 is 20.5 Å². The van der Waals surface area contributed by atoms with Crippen molar-refractivity contribution in [2.75, 3.05) is 6.61 Å². The molecule has 0 spiro atoms. The third-order valence-corrected chi connectivity index (χ3v) is 7.11. The molecule has 1 atom stereocenters. The Morgan fingerprint density at radius 3 is 2.09 bits per heavy atom. The molecule has 2 aromatic rings. The maximum Gasteiger partial charge on any atom is 0.407 e. The lowest BCUT2D eigenvalue weighted by Crippen LogP contribution is -2.62. The third kappa shape index (κ3) is 5.34. The molecule has 3 N–H and O–H groups in total. The number of aliphatic carboxylic acids is 1. The Kier molecular flexibility index (Phi) is 6.88. The standard InChI is InChI=1S/C28H34N2O5/c1-27(2,3)16-13-23(24(31)30-28(25(32)33)14-8-15-28)29-26(34)35-17-22-20-11-6-4-9-18(20)19-10-5-7-12-21(19)22/h4-7,9-12,22-23H,8,13-17H2,1-3H3,(H,29,34)(H,30,31)(H,32,33). The highest BCUT2D eigenvalue weighted by atomic mass is 16.5. The Morgan fingerprint density at radius 1 is 1.03 bits per heavy atom. The molecule has 0 aliphatic heterocycles. The Morgan fingerprint density at radius 2 is 1.60 bits per heavy atom. The number of fused-ring (bicyclic) bond motifs is 3. The number of carbonyl (C=O) groups is 3. The van der Waals surface area contributed by atoms with Gasteiger partial charge in [-0.1, -0.05) is 69.3 Å². The van der Waals surface area contributed by atoms with Gasteiger partial charge in [-0.25, -0.2) is 9.59 Å². The van der Waals surface area contributed by atoms with Crippen LogP contribution in [0.5, 0.6) is 0 Å². The number of alkyl carbamates (subject to hydrolysis) is 1. The summed E-state index contributed by atoms with van der Waals surface area (Å²) in [6.07, 6.45) is 1.91. The predicted molar refractivity (Wildman–Crippen MR) is 133 cm³/mol. The number of ether oxygens (including phenoxy) is 1. The van der Waals surface area contributed by atoms with E-state index < -0.39 is 29.6 Å². The fourth-order valence-corrected chi connectivity index (χ4v) is 4.87. The smallest absolute Gasteiger partial charge is 0.407 e. The van der Waals surface area contributed by atoms with Crippen molar-refractivity contribution in [2.24, 2.45) is 5.41 Å². The fourth-order valence-electron chi connectivity index (χ4n) is 4.87. The highest BCUT2D eigenvalue weighted by molar-refractivity contribution is 5.92. The van der Waals surface area contributed by atoms with Crippen LogP contribution in [0.1, 0.15) is 69.9 Å². The van der Waals surface area contributed by atoms with Crippen molar-refractivity contribution in [2.45, 2.75) is 70.4 Å². The molecule has 1 unspecified atom stereocenters. The summed E-state index contributed by atoms with van der Waals surface area (Å²) in [7, 11) is 0. The van der Waals surface area contributed by atoms with Crippen molar-refractivity contribution < 1.29 is 24.2 Å². The maximum atomic E-state index is 13.1. The number of nitrogens with one attached hydrogen (secondary N) is 2. The number of amides is 2. The first-order valence-corrected chi connectivity index (χ1v) is 12.3. The maximum absolute atomic E-state index is 13.1. The van der Waals surface area contributed by atoms with Gasteiger partial charge in [0.2, 0.25) is 5.91 Å². The molecular weight excluding hydrogens is 444 g/mol. The molecule has 0 aromatic heterocycles. The largest absolute Gasteiger partial charge is 0.480 e. The van der Waals surface area contributed by atoms with Gasteiger partial charge in [0.05, 0.1) is 0 Å². The average molecular weight is 479 g/mol. The van der Waals surface area contributed by atoms with E-state index in [0.717, 1.165) is 28.7 Å². The second-order valence-corrected chi connectivity index (χ2v) is 10.9. The van der Waals surface area contributed by atoms with Crippen LogP contribution in [-0.2, 0) is 14.3 Å². The van der Waals surface area contributed by atoms with E-state index in [0.29, 0.717) is 25.7 Å². The summed E-state index contributed by atoms with van der Waals surface area (Å²) in [5.74, 6) is -1.60. The molecule has 35 heavy (non-hydrogen) atoms. The highest BCUT2D eigenvalue weighted by Gasteiger charge is 2.46. The fraction of sp³-hybridized carbons (Fsp3) is 0.464. The summed E-state index contributed by atoms with van der Waals surface area (Å²) in [6.45, 7) is 6.31. The Balaban J connectivity index is 1.43. The summed E-state index contributed by atoms with van der Waals surface area (Å²) in [5, 5.41) is 15.0. The van der Waals surface area contributed by atoms with Crippen LogP contribution in [0.2, 0.25) is 0 Å². The van der Waals surface area contributed by atoms with Gasteiger partial charge in [-0.05, 0) is 59.8 Å². The second kappa shape index (κ2) is 9.72. The number of carbonyl (C=O) groups excluding carboxylic acids is 2. The number of carboxylic acid groups (broad SMARTS) is 1. The minimum absolute atomic E-state index is 0.0532. The molecule has 1 fully saturated rings. The Bertz CT molecular complexity index is 1070. The van der Waals surface area contributed by atoms with Crippen molar-refractivity contribution in [3.63, 3.8) is 0 Å². The summed E-state index contributed by atoms with van der Waals surface area (Å²) in [5.41, 5.74) is 3.20. The molecule has 0 radical (unpaired) electrons. The topological polar surface area (TPSA) is 105 Å². The monoisotopic (exact) mass is 478 g/mol. The van der Waals surface area contributed by atoms with Crippen LogP contribution in [0.25, 0.3) is 11.1 Å². The van der Waals surface area contributed by atoms with E-state index in [-0.39, 0.29) is 17.9 Å². The first-order valence-electron chi connectivity index (χ1n) is 12.3. The minimum atomic E-state index is -1.24. The molecule has 0 saturated heterocycles. The van der Waals surface area contributed by atoms with Crippen LogP contribution < -0.4 is 10.6 Å². The van der Waals surface area contributed by atoms with Crippen LogP contribution in [0.4, 0.5) is 4.79 Å². The van der Waals surface area contributed by atoms with Gasteiger partial charge in [0.25, 0.3) is 0 Å². The van der Waals surface area contributed by atoms with Crippen LogP contribution in [-0.4, -0.2) is 41.3 Å². The van der Waals surface area contributed by atoms with Crippen molar-refractivity contribution in [3.05, 3.63) is 59.7 Å². The van der Waals surface area contributed by atoms with Gasteiger partial charge in [0.15, 0.2) is 0 Å². The van der Waals surface area contributed by atoms with Gasteiger partial charge in [-0.3, -0.25) is 4.79 Å². The molecule has 2 aliphatic carbocycles. The Hall–Kier alpha value is -3.35.